The van der Waals surface area contributed by atoms with Gasteiger partial charge in [-0.25, -0.2) is 13.2 Å². The Morgan fingerprint density at radius 1 is 0.950 bits per heavy atom. The SMILES string of the molecule is CNCc1cc(F)c(OCc2ccc(F)cc2)c(F)c1. The summed E-state index contributed by atoms with van der Waals surface area (Å²) >= 11 is 0. The van der Waals surface area contributed by atoms with E-state index in [1.165, 1.54) is 36.4 Å². The van der Waals surface area contributed by atoms with Crippen molar-refractivity contribution in [3.05, 3.63) is 65.0 Å². The molecular formula is C15H14F3NO. The number of nitrogens with one attached hydrogen (secondary N) is 1. The van der Waals surface area contributed by atoms with Crippen LogP contribution in [0.15, 0.2) is 36.4 Å². The molecule has 0 atom stereocenters. The second-order valence-electron chi connectivity index (χ2n) is 4.33. The highest BCUT2D eigenvalue weighted by molar-refractivity contribution is 5.31. The summed E-state index contributed by atoms with van der Waals surface area (Å²) in [4.78, 5) is 0. The monoisotopic (exact) mass is 281 g/mol. The molecule has 0 aliphatic rings. The molecule has 0 saturated heterocycles. The Labute approximate surface area is 115 Å². The van der Waals surface area contributed by atoms with E-state index >= 15 is 0 Å². The molecular weight excluding hydrogens is 267 g/mol. The second kappa shape index (κ2) is 6.43. The molecule has 0 aromatic heterocycles. The minimum atomic E-state index is -0.752. The van der Waals surface area contributed by atoms with Crippen LogP contribution in [0.4, 0.5) is 13.2 Å². The van der Waals surface area contributed by atoms with Crippen molar-refractivity contribution >= 4 is 0 Å². The van der Waals surface area contributed by atoms with Crippen LogP contribution in [0.5, 0.6) is 5.75 Å². The summed E-state index contributed by atoms with van der Waals surface area (Å²) in [5.41, 5.74) is 1.13. The molecule has 2 aromatic carbocycles. The maximum Gasteiger partial charge on any atom is 0.191 e. The predicted molar refractivity (Wildman–Crippen MR) is 69.9 cm³/mol. The van der Waals surface area contributed by atoms with Gasteiger partial charge >= 0.3 is 0 Å². The molecule has 0 saturated carbocycles. The van der Waals surface area contributed by atoms with Crippen molar-refractivity contribution < 1.29 is 17.9 Å². The Kier molecular flexibility index (Phi) is 4.63. The minimum Gasteiger partial charge on any atom is -0.483 e. The Bertz CT molecular complexity index is 561. The van der Waals surface area contributed by atoms with Crippen molar-refractivity contribution in [2.75, 3.05) is 7.05 Å². The molecule has 0 spiro atoms. The zero-order valence-corrected chi connectivity index (χ0v) is 10.9. The molecule has 0 fully saturated rings. The Hall–Kier alpha value is -2.01. The Morgan fingerprint density at radius 2 is 1.55 bits per heavy atom. The average Bonchev–Trinajstić information content (AvgIpc) is 2.40. The van der Waals surface area contributed by atoms with Crippen LogP contribution in [0.2, 0.25) is 0 Å². The van der Waals surface area contributed by atoms with Crippen LogP contribution in [0, 0.1) is 17.5 Å². The van der Waals surface area contributed by atoms with E-state index in [4.69, 9.17) is 4.74 Å². The van der Waals surface area contributed by atoms with Crippen molar-refractivity contribution in [2.24, 2.45) is 0 Å². The summed E-state index contributed by atoms with van der Waals surface area (Å²) in [6, 6.07) is 7.98. The molecule has 0 aliphatic carbocycles. The lowest BCUT2D eigenvalue weighted by atomic mass is 10.2. The van der Waals surface area contributed by atoms with Gasteiger partial charge in [0.25, 0.3) is 0 Å². The van der Waals surface area contributed by atoms with E-state index in [-0.39, 0.29) is 12.4 Å². The largest absolute Gasteiger partial charge is 0.483 e. The van der Waals surface area contributed by atoms with E-state index in [9.17, 15) is 13.2 Å². The number of halogens is 3. The first-order valence-electron chi connectivity index (χ1n) is 6.10. The summed E-state index contributed by atoms with van der Waals surface area (Å²) in [5.74, 6) is -2.30. The molecule has 20 heavy (non-hydrogen) atoms. The molecule has 2 rings (SSSR count). The van der Waals surface area contributed by atoms with Crippen LogP contribution in [0.1, 0.15) is 11.1 Å². The predicted octanol–water partition coefficient (Wildman–Crippen LogP) is 3.40. The molecule has 0 amide bonds. The third kappa shape index (κ3) is 3.51. The smallest absolute Gasteiger partial charge is 0.191 e. The fourth-order valence-corrected chi connectivity index (χ4v) is 1.79. The van der Waals surface area contributed by atoms with Gasteiger partial charge < -0.3 is 10.1 Å². The van der Waals surface area contributed by atoms with Crippen molar-refractivity contribution in [1.82, 2.24) is 5.32 Å². The first kappa shape index (κ1) is 14.4. The van der Waals surface area contributed by atoms with Gasteiger partial charge in [-0.05, 0) is 42.4 Å². The highest BCUT2D eigenvalue weighted by Gasteiger charge is 2.12. The number of hydrogen-bond donors (Lipinski definition) is 1. The summed E-state index contributed by atoms with van der Waals surface area (Å²) < 4.78 is 45.4. The summed E-state index contributed by atoms with van der Waals surface area (Å²) in [7, 11) is 1.69. The van der Waals surface area contributed by atoms with Gasteiger partial charge in [-0.3, -0.25) is 0 Å². The molecule has 0 bridgehead atoms. The van der Waals surface area contributed by atoms with E-state index in [2.05, 4.69) is 5.32 Å². The fraction of sp³-hybridized carbons (Fsp3) is 0.200. The number of benzene rings is 2. The molecule has 0 heterocycles. The Morgan fingerprint density at radius 3 is 2.10 bits per heavy atom. The molecule has 106 valence electrons. The quantitative estimate of drug-likeness (QED) is 0.907. The lowest BCUT2D eigenvalue weighted by molar-refractivity contribution is 0.273. The van der Waals surface area contributed by atoms with Crippen molar-refractivity contribution in [3.8, 4) is 5.75 Å². The molecule has 0 radical (unpaired) electrons. The van der Waals surface area contributed by atoms with E-state index < -0.39 is 17.4 Å². The van der Waals surface area contributed by atoms with Gasteiger partial charge in [0.05, 0.1) is 0 Å². The van der Waals surface area contributed by atoms with Gasteiger partial charge in [-0.15, -0.1) is 0 Å². The first-order chi connectivity index (χ1) is 9.60. The van der Waals surface area contributed by atoms with E-state index in [1.54, 1.807) is 7.05 Å². The van der Waals surface area contributed by atoms with Crippen molar-refractivity contribution in [3.63, 3.8) is 0 Å². The van der Waals surface area contributed by atoms with Gasteiger partial charge in [-0.1, -0.05) is 12.1 Å². The second-order valence-corrected chi connectivity index (χ2v) is 4.33. The Balaban J connectivity index is 2.11. The summed E-state index contributed by atoms with van der Waals surface area (Å²) in [5, 5.41) is 2.81. The standard InChI is InChI=1S/C15H14F3NO/c1-19-8-11-6-13(17)15(14(18)7-11)20-9-10-2-4-12(16)5-3-10/h2-7,19H,8-9H2,1H3. The van der Waals surface area contributed by atoms with Gasteiger partial charge in [0.15, 0.2) is 17.4 Å². The third-order valence-electron chi connectivity index (χ3n) is 2.74. The van der Waals surface area contributed by atoms with E-state index in [1.807, 2.05) is 0 Å². The lowest BCUT2D eigenvalue weighted by Gasteiger charge is -2.10. The highest BCUT2D eigenvalue weighted by Crippen LogP contribution is 2.24. The van der Waals surface area contributed by atoms with Gasteiger partial charge in [-0.2, -0.15) is 0 Å². The van der Waals surface area contributed by atoms with Crippen LogP contribution in [-0.4, -0.2) is 7.05 Å². The molecule has 2 aromatic rings. The summed E-state index contributed by atoms with van der Waals surface area (Å²) in [6.07, 6.45) is 0. The van der Waals surface area contributed by atoms with Crippen LogP contribution in [0.25, 0.3) is 0 Å². The molecule has 0 unspecified atom stereocenters. The number of ether oxygens (including phenoxy) is 1. The third-order valence-corrected chi connectivity index (χ3v) is 2.74. The number of hydrogen-bond acceptors (Lipinski definition) is 2. The van der Waals surface area contributed by atoms with Crippen LogP contribution in [-0.2, 0) is 13.2 Å². The summed E-state index contributed by atoms with van der Waals surface area (Å²) in [6.45, 7) is 0.339. The zero-order valence-electron chi connectivity index (χ0n) is 10.9. The van der Waals surface area contributed by atoms with Crippen molar-refractivity contribution in [1.29, 1.82) is 0 Å². The van der Waals surface area contributed by atoms with Gasteiger partial charge in [0.2, 0.25) is 0 Å². The van der Waals surface area contributed by atoms with Gasteiger partial charge in [0.1, 0.15) is 12.4 Å². The molecule has 5 heteroatoms. The normalized spacial score (nSPS) is 10.6. The van der Waals surface area contributed by atoms with E-state index in [0.717, 1.165) is 0 Å². The maximum atomic E-state index is 13.7. The molecule has 1 N–H and O–H groups in total. The fourth-order valence-electron chi connectivity index (χ4n) is 1.79. The maximum absolute atomic E-state index is 13.7. The number of rotatable bonds is 5. The van der Waals surface area contributed by atoms with Crippen LogP contribution < -0.4 is 10.1 Å². The van der Waals surface area contributed by atoms with Crippen LogP contribution >= 0.6 is 0 Å². The molecule has 0 aliphatic heterocycles. The van der Waals surface area contributed by atoms with Crippen molar-refractivity contribution in [2.45, 2.75) is 13.2 Å². The van der Waals surface area contributed by atoms with Gasteiger partial charge in [0, 0.05) is 6.54 Å². The lowest BCUT2D eigenvalue weighted by Crippen LogP contribution is -2.07. The van der Waals surface area contributed by atoms with Crippen LogP contribution in [0.3, 0.4) is 0 Å². The minimum absolute atomic E-state index is 0.0283. The highest BCUT2D eigenvalue weighted by atomic mass is 19.1. The molecule has 2 nitrogen and oxygen atoms in total. The first-order valence-corrected chi connectivity index (χ1v) is 6.10. The van der Waals surface area contributed by atoms with E-state index in [0.29, 0.717) is 17.7 Å². The zero-order chi connectivity index (χ0) is 14.5. The average molecular weight is 281 g/mol. The topological polar surface area (TPSA) is 21.3 Å².